The molecule has 3 rings (SSSR count). The predicted molar refractivity (Wildman–Crippen MR) is 97.3 cm³/mol. The van der Waals surface area contributed by atoms with Crippen LogP contribution in [-0.2, 0) is 8.98 Å². The van der Waals surface area contributed by atoms with Crippen molar-refractivity contribution in [2.24, 2.45) is 0 Å². The number of carbonyl (C=O) groups excluding carboxylic acids is 1. The standard InChI is InChI=1S/C20H18O3S/c1-14(20(21)23-24-19-6-4-3-5-7-19)15-8-9-17-13-18(22-2)11-10-16(17)12-15/h3-14H,1-2H3/t14-/m0/s1. The van der Waals surface area contributed by atoms with E-state index in [4.69, 9.17) is 8.92 Å². The summed E-state index contributed by atoms with van der Waals surface area (Å²) in [6.45, 7) is 1.86. The molecule has 0 N–H and O–H groups in total. The van der Waals surface area contributed by atoms with Gasteiger partial charge in [0.2, 0.25) is 0 Å². The van der Waals surface area contributed by atoms with Gasteiger partial charge in [0.05, 0.1) is 25.1 Å². The second-order valence-electron chi connectivity index (χ2n) is 5.49. The minimum atomic E-state index is -0.326. The molecule has 0 spiro atoms. The van der Waals surface area contributed by atoms with E-state index in [9.17, 15) is 4.79 Å². The van der Waals surface area contributed by atoms with E-state index in [1.54, 1.807) is 7.11 Å². The van der Waals surface area contributed by atoms with Gasteiger partial charge >= 0.3 is 5.97 Å². The highest BCUT2D eigenvalue weighted by Crippen LogP contribution is 2.27. The van der Waals surface area contributed by atoms with E-state index in [1.807, 2.05) is 73.7 Å². The van der Waals surface area contributed by atoms with Gasteiger partial charge in [-0.15, -0.1) is 0 Å². The van der Waals surface area contributed by atoms with Crippen LogP contribution in [0.4, 0.5) is 0 Å². The van der Waals surface area contributed by atoms with E-state index in [2.05, 4.69) is 0 Å². The lowest BCUT2D eigenvalue weighted by Crippen LogP contribution is -2.09. The first-order valence-corrected chi connectivity index (χ1v) is 8.42. The van der Waals surface area contributed by atoms with Crippen molar-refractivity contribution in [3.63, 3.8) is 0 Å². The fourth-order valence-corrected chi connectivity index (χ4v) is 3.00. The van der Waals surface area contributed by atoms with Crippen molar-refractivity contribution in [3.8, 4) is 5.75 Å². The Labute approximate surface area is 145 Å². The summed E-state index contributed by atoms with van der Waals surface area (Å²) in [5.41, 5.74) is 0.936. The summed E-state index contributed by atoms with van der Waals surface area (Å²) in [6.07, 6.45) is 0. The summed E-state index contributed by atoms with van der Waals surface area (Å²) >= 11 is 1.09. The normalized spacial score (nSPS) is 11.9. The first-order valence-electron chi connectivity index (χ1n) is 7.68. The molecular weight excluding hydrogens is 320 g/mol. The van der Waals surface area contributed by atoms with E-state index in [0.717, 1.165) is 39.0 Å². The first kappa shape index (κ1) is 16.4. The molecule has 122 valence electrons. The monoisotopic (exact) mass is 338 g/mol. The minimum absolute atomic E-state index is 0.253. The first-order chi connectivity index (χ1) is 11.7. The molecule has 0 saturated heterocycles. The minimum Gasteiger partial charge on any atom is -0.497 e. The number of hydrogen-bond donors (Lipinski definition) is 0. The molecule has 0 saturated carbocycles. The summed E-state index contributed by atoms with van der Waals surface area (Å²) in [7, 11) is 1.65. The molecule has 0 heterocycles. The maximum Gasteiger partial charge on any atom is 0.325 e. The molecule has 4 heteroatoms. The Balaban J connectivity index is 1.72. The molecule has 0 radical (unpaired) electrons. The average molecular weight is 338 g/mol. The largest absolute Gasteiger partial charge is 0.497 e. The van der Waals surface area contributed by atoms with Gasteiger partial charge in [0.25, 0.3) is 0 Å². The molecule has 0 fully saturated rings. The van der Waals surface area contributed by atoms with Crippen LogP contribution in [0.15, 0.2) is 71.6 Å². The van der Waals surface area contributed by atoms with Crippen molar-refractivity contribution in [2.45, 2.75) is 17.7 Å². The van der Waals surface area contributed by atoms with Gasteiger partial charge in [0.1, 0.15) is 5.75 Å². The van der Waals surface area contributed by atoms with E-state index in [-0.39, 0.29) is 11.9 Å². The van der Waals surface area contributed by atoms with Crippen LogP contribution in [0.3, 0.4) is 0 Å². The van der Waals surface area contributed by atoms with Gasteiger partial charge in [-0.1, -0.05) is 42.5 Å². The Hall–Kier alpha value is -2.46. The van der Waals surface area contributed by atoms with Gasteiger partial charge < -0.3 is 8.92 Å². The Morgan fingerprint density at radius 2 is 1.67 bits per heavy atom. The number of rotatable bonds is 5. The van der Waals surface area contributed by atoms with Crippen molar-refractivity contribution in [2.75, 3.05) is 7.11 Å². The van der Waals surface area contributed by atoms with E-state index in [0.29, 0.717) is 0 Å². The SMILES string of the molecule is COc1ccc2cc([C@H](C)C(=O)OSc3ccccc3)ccc2c1. The molecule has 0 amide bonds. The van der Waals surface area contributed by atoms with Crippen LogP contribution < -0.4 is 4.74 Å². The van der Waals surface area contributed by atoms with Crippen LogP contribution >= 0.6 is 12.0 Å². The highest BCUT2D eigenvalue weighted by molar-refractivity contribution is 7.95. The lowest BCUT2D eigenvalue weighted by molar-refractivity contribution is -0.134. The third-order valence-corrected chi connectivity index (χ3v) is 4.60. The van der Waals surface area contributed by atoms with Crippen LogP contribution in [0.1, 0.15) is 18.4 Å². The summed E-state index contributed by atoms with van der Waals surface area (Å²) in [5.74, 6) is 0.242. The van der Waals surface area contributed by atoms with E-state index < -0.39 is 0 Å². The molecule has 0 bridgehead atoms. The van der Waals surface area contributed by atoms with Gasteiger partial charge in [-0.25, -0.2) is 0 Å². The molecule has 0 aromatic heterocycles. The molecule has 0 aliphatic rings. The van der Waals surface area contributed by atoms with Crippen LogP contribution in [-0.4, -0.2) is 13.1 Å². The van der Waals surface area contributed by atoms with Gasteiger partial charge in [0, 0.05) is 4.90 Å². The highest BCUT2D eigenvalue weighted by atomic mass is 32.2. The number of methoxy groups -OCH3 is 1. The summed E-state index contributed by atoms with van der Waals surface area (Å²) in [6, 6.07) is 21.4. The summed E-state index contributed by atoms with van der Waals surface area (Å²) in [5, 5.41) is 2.15. The molecule has 24 heavy (non-hydrogen) atoms. The zero-order valence-electron chi connectivity index (χ0n) is 13.6. The van der Waals surface area contributed by atoms with Crippen molar-refractivity contribution in [1.29, 1.82) is 0 Å². The number of fused-ring (bicyclic) bond motifs is 1. The zero-order valence-corrected chi connectivity index (χ0v) is 14.4. The van der Waals surface area contributed by atoms with E-state index in [1.165, 1.54) is 0 Å². The predicted octanol–water partition coefficient (Wildman–Crippen LogP) is 5.20. The lowest BCUT2D eigenvalue weighted by atomic mass is 9.98. The third-order valence-electron chi connectivity index (χ3n) is 3.89. The second kappa shape index (κ2) is 7.41. The summed E-state index contributed by atoms with van der Waals surface area (Å²) < 4.78 is 10.6. The molecule has 0 unspecified atom stereocenters. The molecular formula is C20H18O3S. The molecule has 1 atom stereocenters. The second-order valence-corrected chi connectivity index (χ2v) is 6.30. The maximum atomic E-state index is 12.3. The Morgan fingerprint density at radius 1 is 0.958 bits per heavy atom. The Bertz CT molecular complexity index is 846. The quantitative estimate of drug-likeness (QED) is 0.599. The van der Waals surface area contributed by atoms with Crippen LogP contribution in [0.25, 0.3) is 10.8 Å². The van der Waals surface area contributed by atoms with Crippen LogP contribution in [0.2, 0.25) is 0 Å². The van der Waals surface area contributed by atoms with Gasteiger partial charge in [-0.3, -0.25) is 4.79 Å². The summed E-state index contributed by atoms with van der Waals surface area (Å²) in [4.78, 5) is 13.2. The fourth-order valence-electron chi connectivity index (χ4n) is 2.41. The van der Waals surface area contributed by atoms with Crippen molar-refractivity contribution < 1.29 is 13.7 Å². The van der Waals surface area contributed by atoms with Gasteiger partial charge in [-0.05, 0) is 47.5 Å². The highest BCUT2D eigenvalue weighted by Gasteiger charge is 2.18. The molecule has 0 aliphatic heterocycles. The van der Waals surface area contributed by atoms with Crippen molar-refractivity contribution >= 4 is 28.8 Å². The number of carbonyl (C=O) groups is 1. The number of hydrogen-bond acceptors (Lipinski definition) is 4. The maximum absolute atomic E-state index is 12.3. The Morgan fingerprint density at radius 3 is 2.42 bits per heavy atom. The smallest absolute Gasteiger partial charge is 0.325 e. The van der Waals surface area contributed by atoms with Crippen molar-refractivity contribution in [3.05, 3.63) is 72.3 Å². The van der Waals surface area contributed by atoms with Crippen LogP contribution in [0, 0.1) is 0 Å². The fraction of sp³-hybridized carbons (Fsp3) is 0.150. The average Bonchev–Trinajstić information content (AvgIpc) is 2.65. The molecule has 3 aromatic carbocycles. The topological polar surface area (TPSA) is 35.5 Å². The third kappa shape index (κ3) is 3.71. The van der Waals surface area contributed by atoms with Gasteiger partial charge in [0.15, 0.2) is 0 Å². The molecule has 3 nitrogen and oxygen atoms in total. The Kier molecular flexibility index (Phi) is 5.06. The number of ether oxygens (including phenoxy) is 1. The van der Waals surface area contributed by atoms with E-state index >= 15 is 0 Å². The van der Waals surface area contributed by atoms with Gasteiger partial charge in [-0.2, -0.15) is 0 Å². The molecule has 0 aliphatic carbocycles. The number of benzene rings is 3. The zero-order chi connectivity index (χ0) is 16.9. The lowest BCUT2D eigenvalue weighted by Gasteiger charge is -2.12. The molecule has 3 aromatic rings. The van der Waals surface area contributed by atoms with Crippen molar-refractivity contribution in [1.82, 2.24) is 0 Å². The van der Waals surface area contributed by atoms with Crippen LogP contribution in [0.5, 0.6) is 5.75 Å².